The molecule has 0 unspecified atom stereocenters. The molecule has 5 rings (SSSR count). The number of hydrogen-bond acceptors (Lipinski definition) is 5. The number of rotatable bonds is 3. The van der Waals surface area contributed by atoms with Gasteiger partial charge in [-0.1, -0.05) is 53.7 Å². The minimum absolute atomic E-state index is 0.0908. The van der Waals surface area contributed by atoms with Gasteiger partial charge in [-0.3, -0.25) is 18.7 Å². The minimum Gasteiger partial charge on any atom is -0.279 e. The Balaban J connectivity index is 1.61. The number of nitrogens with zero attached hydrogens (tertiary/aromatic N) is 5. The number of aromatic nitrogens is 5. The summed E-state index contributed by atoms with van der Waals surface area (Å²) in [6.45, 7) is 2.01. The SMILES string of the molecule is Cc1c(Cl)c(CSc2nnc3n(C)c(=O)c4ccccc4n23)nc2ccccc12. The van der Waals surface area contributed by atoms with E-state index in [0.717, 1.165) is 27.7 Å². The Labute approximate surface area is 175 Å². The van der Waals surface area contributed by atoms with E-state index in [-0.39, 0.29) is 5.56 Å². The molecule has 0 spiro atoms. The van der Waals surface area contributed by atoms with E-state index in [9.17, 15) is 4.79 Å². The zero-order valence-corrected chi connectivity index (χ0v) is 17.3. The van der Waals surface area contributed by atoms with Crippen molar-refractivity contribution >= 4 is 50.9 Å². The van der Waals surface area contributed by atoms with E-state index < -0.39 is 0 Å². The third-order valence-electron chi connectivity index (χ3n) is 5.08. The largest absolute Gasteiger partial charge is 0.279 e. The molecule has 0 atom stereocenters. The summed E-state index contributed by atoms with van der Waals surface area (Å²) in [6.07, 6.45) is 0. The fourth-order valence-corrected chi connectivity index (χ4v) is 4.72. The van der Waals surface area contributed by atoms with Gasteiger partial charge in [-0.15, -0.1) is 10.2 Å². The number of hydrogen-bond donors (Lipinski definition) is 0. The van der Waals surface area contributed by atoms with E-state index in [1.54, 1.807) is 7.05 Å². The second-order valence-electron chi connectivity index (χ2n) is 6.80. The molecule has 0 amide bonds. The Morgan fingerprint density at radius 2 is 1.76 bits per heavy atom. The molecule has 3 aromatic heterocycles. The van der Waals surface area contributed by atoms with Crippen molar-refractivity contribution < 1.29 is 0 Å². The second kappa shape index (κ2) is 6.86. The summed E-state index contributed by atoms with van der Waals surface area (Å²) in [5, 5.41) is 11.6. The zero-order chi connectivity index (χ0) is 20.1. The predicted octanol–water partition coefficient (Wildman–Crippen LogP) is 4.38. The number of thioether (sulfide) groups is 1. The van der Waals surface area contributed by atoms with Crippen molar-refractivity contribution in [1.29, 1.82) is 0 Å². The number of halogens is 1. The minimum atomic E-state index is -0.0908. The Morgan fingerprint density at radius 1 is 1.03 bits per heavy atom. The van der Waals surface area contributed by atoms with Gasteiger partial charge in [-0.2, -0.15) is 0 Å². The van der Waals surface area contributed by atoms with Crippen molar-refractivity contribution in [1.82, 2.24) is 24.1 Å². The zero-order valence-electron chi connectivity index (χ0n) is 15.8. The molecule has 2 aromatic carbocycles. The lowest BCUT2D eigenvalue weighted by Crippen LogP contribution is -2.20. The van der Waals surface area contributed by atoms with Crippen LogP contribution in [0.4, 0.5) is 0 Å². The first-order valence-electron chi connectivity index (χ1n) is 9.05. The maximum Gasteiger partial charge on any atom is 0.262 e. The number of pyridine rings is 1. The maximum absolute atomic E-state index is 12.6. The molecule has 0 aliphatic carbocycles. The number of para-hydroxylation sites is 2. The van der Waals surface area contributed by atoms with Gasteiger partial charge in [0.15, 0.2) is 5.16 Å². The van der Waals surface area contributed by atoms with Gasteiger partial charge in [0.25, 0.3) is 5.56 Å². The van der Waals surface area contributed by atoms with E-state index >= 15 is 0 Å². The van der Waals surface area contributed by atoms with Gasteiger partial charge in [0.2, 0.25) is 5.78 Å². The Hall–Kier alpha value is -2.90. The van der Waals surface area contributed by atoms with Crippen LogP contribution in [0.15, 0.2) is 58.5 Å². The molecule has 29 heavy (non-hydrogen) atoms. The van der Waals surface area contributed by atoms with Crippen LogP contribution in [0.25, 0.3) is 27.6 Å². The Morgan fingerprint density at radius 3 is 2.59 bits per heavy atom. The molecular weight excluding hydrogens is 406 g/mol. The molecule has 0 radical (unpaired) electrons. The highest BCUT2D eigenvalue weighted by Crippen LogP contribution is 2.31. The molecular formula is C21H16ClN5OS. The van der Waals surface area contributed by atoms with Gasteiger partial charge in [-0.05, 0) is 30.7 Å². The molecule has 0 aliphatic rings. The van der Waals surface area contributed by atoms with Crippen LogP contribution in [0.5, 0.6) is 0 Å². The third-order valence-corrected chi connectivity index (χ3v) is 6.52. The number of fused-ring (bicyclic) bond motifs is 4. The van der Waals surface area contributed by atoms with Crippen LogP contribution in [0, 0.1) is 6.92 Å². The summed E-state index contributed by atoms with van der Waals surface area (Å²) in [5.41, 5.74) is 3.44. The first-order valence-corrected chi connectivity index (χ1v) is 10.4. The van der Waals surface area contributed by atoms with Crippen LogP contribution in [-0.2, 0) is 12.8 Å². The molecule has 0 bridgehead atoms. The number of aryl methyl sites for hydroxylation is 2. The highest BCUT2D eigenvalue weighted by molar-refractivity contribution is 7.98. The van der Waals surface area contributed by atoms with Crippen molar-refractivity contribution in [3.63, 3.8) is 0 Å². The summed E-state index contributed by atoms with van der Waals surface area (Å²) in [5.74, 6) is 1.05. The van der Waals surface area contributed by atoms with Crippen molar-refractivity contribution in [2.24, 2.45) is 7.05 Å². The summed E-state index contributed by atoms with van der Waals surface area (Å²) in [7, 11) is 1.71. The Bertz CT molecular complexity index is 1470. The lowest BCUT2D eigenvalue weighted by molar-refractivity contribution is 0.853. The Kier molecular flexibility index (Phi) is 4.29. The van der Waals surface area contributed by atoms with Gasteiger partial charge >= 0.3 is 0 Å². The molecule has 144 valence electrons. The quantitative estimate of drug-likeness (QED) is 0.404. The van der Waals surface area contributed by atoms with Crippen molar-refractivity contribution in [3.05, 3.63) is 75.2 Å². The molecule has 8 heteroatoms. The van der Waals surface area contributed by atoms with E-state index in [1.165, 1.54) is 16.3 Å². The average molecular weight is 422 g/mol. The first-order chi connectivity index (χ1) is 14.1. The fourth-order valence-electron chi connectivity index (χ4n) is 3.55. The van der Waals surface area contributed by atoms with Gasteiger partial charge in [0.05, 0.1) is 27.1 Å². The number of benzene rings is 2. The van der Waals surface area contributed by atoms with Gasteiger partial charge in [-0.25, -0.2) is 0 Å². The summed E-state index contributed by atoms with van der Waals surface area (Å²) >= 11 is 8.11. The summed E-state index contributed by atoms with van der Waals surface area (Å²) in [6, 6.07) is 15.5. The van der Waals surface area contributed by atoms with Crippen molar-refractivity contribution in [3.8, 4) is 0 Å². The molecule has 0 saturated carbocycles. The lowest BCUT2D eigenvalue weighted by Gasteiger charge is -2.10. The summed E-state index contributed by atoms with van der Waals surface area (Å²) < 4.78 is 3.42. The van der Waals surface area contributed by atoms with E-state index in [2.05, 4.69) is 10.2 Å². The van der Waals surface area contributed by atoms with E-state index in [0.29, 0.717) is 27.1 Å². The highest BCUT2D eigenvalue weighted by atomic mass is 35.5. The van der Waals surface area contributed by atoms with Crippen LogP contribution in [0.2, 0.25) is 5.02 Å². The van der Waals surface area contributed by atoms with Gasteiger partial charge in [0, 0.05) is 18.2 Å². The predicted molar refractivity (Wildman–Crippen MR) is 117 cm³/mol. The smallest absolute Gasteiger partial charge is 0.262 e. The average Bonchev–Trinajstić information content (AvgIpc) is 3.18. The third kappa shape index (κ3) is 2.81. The topological polar surface area (TPSA) is 65.1 Å². The van der Waals surface area contributed by atoms with Crippen LogP contribution < -0.4 is 5.56 Å². The first kappa shape index (κ1) is 18.1. The normalized spacial score (nSPS) is 11.7. The molecule has 3 heterocycles. The van der Waals surface area contributed by atoms with Crippen LogP contribution in [0.1, 0.15) is 11.3 Å². The fraction of sp³-hybridized carbons (Fsp3) is 0.143. The van der Waals surface area contributed by atoms with E-state index in [4.69, 9.17) is 16.6 Å². The second-order valence-corrected chi connectivity index (χ2v) is 8.12. The van der Waals surface area contributed by atoms with Crippen LogP contribution in [-0.4, -0.2) is 24.1 Å². The monoisotopic (exact) mass is 421 g/mol. The maximum atomic E-state index is 12.6. The lowest BCUT2D eigenvalue weighted by atomic mass is 10.1. The van der Waals surface area contributed by atoms with Crippen molar-refractivity contribution in [2.75, 3.05) is 0 Å². The molecule has 0 fully saturated rings. The standard InChI is InChI=1S/C21H16ClN5OS/c1-12-13-7-3-5-9-15(13)23-16(18(12)22)11-29-21-25-24-20-26(2)19(28)14-8-4-6-10-17(14)27(20)21/h3-10H,11H2,1-2H3. The molecule has 0 saturated heterocycles. The molecule has 6 nitrogen and oxygen atoms in total. The van der Waals surface area contributed by atoms with Crippen LogP contribution in [0.3, 0.4) is 0 Å². The van der Waals surface area contributed by atoms with Gasteiger partial charge in [0.1, 0.15) is 0 Å². The summed E-state index contributed by atoms with van der Waals surface area (Å²) in [4.78, 5) is 17.3. The van der Waals surface area contributed by atoms with Crippen LogP contribution >= 0.6 is 23.4 Å². The molecule has 0 N–H and O–H groups in total. The highest BCUT2D eigenvalue weighted by Gasteiger charge is 2.16. The van der Waals surface area contributed by atoms with E-state index in [1.807, 2.05) is 59.9 Å². The van der Waals surface area contributed by atoms with Gasteiger partial charge < -0.3 is 0 Å². The molecule has 5 aromatic rings. The molecule has 0 aliphatic heterocycles. The van der Waals surface area contributed by atoms with Crippen molar-refractivity contribution in [2.45, 2.75) is 17.8 Å².